The molecule has 0 N–H and O–H groups in total. The maximum Gasteiger partial charge on any atom is 0.416 e. The number of nitrogens with zero attached hydrogens (tertiary/aromatic N) is 3. The molecule has 0 bridgehead atoms. The number of rotatable bonds is 3. The minimum Gasteiger partial charge on any atom is -0.493 e. The number of hydrogen-bond acceptors (Lipinski definition) is 3. The van der Waals surface area contributed by atoms with E-state index in [2.05, 4.69) is 5.10 Å². The molecule has 0 spiro atoms. The highest BCUT2D eigenvalue weighted by Crippen LogP contribution is 2.37. The lowest BCUT2D eigenvalue weighted by Crippen LogP contribution is -2.49. The Morgan fingerprint density at radius 2 is 1.93 bits per heavy atom. The second-order valence-electron chi connectivity index (χ2n) is 7.79. The average molecular weight is 407 g/mol. The summed E-state index contributed by atoms with van der Waals surface area (Å²) in [5, 5.41) is 4.32. The van der Waals surface area contributed by atoms with Crippen LogP contribution in [0.5, 0.6) is 5.75 Å². The van der Waals surface area contributed by atoms with E-state index in [9.17, 15) is 18.0 Å². The van der Waals surface area contributed by atoms with Crippen LogP contribution < -0.4 is 4.74 Å². The number of methoxy groups -OCH3 is 1. The van der Waals surface area contributed by atoms with Crippen molar-refractivity contribution in [3.63, 3.8) is 0 Å². The highest BCUT2D eigenvalue weighted by atomic mass is 19.4. The molecule has 1 aliphatic carbocycles. The van der Waals surface area contributed by atoms with Gasteiger partial charge in [-0.3, -0.25) is 4.79 Å². The lowest BCUT2D eigenvalue weighted by molar-refractivity contribution is -0.137. The first-order valence-electron chi connectivity index (χ1n) is 10.0. The second-order valence-corrected chi connectivity index (χ2v) is 7.79. The van der Waals surface area contributed by atoms with Gasteiger partial charge in [0, 0.05) is 12.6 Å². The molecule has 1 aliphatic heterocycles. The van der Waals surface area contributed by atoms with E-state index in [1.165, 1.54) is 36.5 Å². The number of amides is 1. The van der Waals surface area contributed by atoms with Gasteiger partial charge in [-0.25, -0.2) is 4.68 Å². The van der Waals surface area contributed by atoms with Gasteiger partial charge in [-0.2, -0.15) is 18.3 Å². The van der Waals surface area contributed by atoms with Crippen LogP contribution in [0.25, 0.3) is 5.69 Å². The fourth-order valence-electron chi connectivity index (χ4n) is 4.63. The van der Waals surface area contributed by atoms with Crippen LogP contribution >= 0.6 is 0 Å². The Labute approximate surface area is 167 Å². The molecule has 29 heavy (non-hydrogen) atoms. The van der Waals surface area contributed by atoms with E-state index in [0.717, 1.165) is 44.2 Å². The van der Waals surface area contributed by atoms with Crippen molar-refractivity contribution in [2.75, 3.05) is 13.7 Å². The van der Waals surface area contributed by atoms with Gasteiger partial charge in [-0.05, 0) is 49.8 Å². The molecule has 1 amide bonds. The van der Waals surface area contributed by atoms with Gasteiger partial charge in [0.2, 0.25) is 0 Å². The number of alkyl halides is 3. The molecule has 1 saturated carbocycles. The molecule has 0 unspecified atom stereocenters. The molecular formula is C21H24F3N3O2. The van der Waals surface area contributed by atoms with Crippen molar-refractivity contribution in [1.29, 1.82) is 0 Å². The third-order valence-corrected chi connectivity index (χ3v) is 6.05. The molecule has 2 atom stereocenters. The Bertz CT molecular complexity index is 892. The summed E-state index contributed by atoms with van der Waals surface area (Å²) < 4.78 is 45.8. The van der Waals surface area contributed by atoms with Crippen molar-refractivity contribution < 1.29 is 22.7 Å². The number of fused-ring (bicyclic) bond motifs is 1. The fraction of sp³-hybridized carbons (Fsp3) is 0.524. The van der Waals surface area contributed by atoms with Crippen LogP contribution in [0.4, 0.5) is 13.2 Å². The maximum absolute atomic E-state index is 13.3. The van der Waals surface area contributed by atoms with Gasteiger partial charge in [0.25, 0.3) is 5.91 Å². The van der Waals surface area contributed by atoms with Crippen molar-refractivity contribution >= 4 is 5.91 Å². The van der Waals surface area contributed by atoms with Crippen molar-refractivity contribution in [2.24, 2.45) is 5.92 Å². The Morgan fingerprint density at radius 3 is 2.69 bits per heavy atom. The van der Waals surface area contributed by atoms with Crippen molar-refractivity contribution in [2.45, 2.75) is 50.7 Å². The first-order chi connectivity index (χ1) is 13.9. The number of carbonyl (C=O) groups excluding carboxylic acids is 1. The monoisotopic (exact) mass is 407 g/mol. The van der Waals surface area contributed by atoms with Crippen LogP contribution in [0.3, 0.4) is 0 Å². The molecular weight excluding hydrogens is 383 g/mol. The minimum absolute atomic E-state index is 0.149. The summed E-state index contributed by atoms with van der Waals surface area (Å²) in [6.07, 6.45) is 3.57. The second kappa shape index (κ2) is 7.72. The molecule has 0 radical (unpaired) electrons. The third kappa shape index (κ3) is 3.84. The zero-order valence-corrected chi connectivity index (χ0v) is 16.3. The summed E-state index contributed by atoms with van der Waals surface area (Å²) in [6.45, 7) is 0.680. The topological polar surface area (TPSA) is 47.4 Å². The predicted octanol–water partition coefficient (Wildman–Crippen LogP) is 4.69. The van der Waals surface area contributed by atoms with Gasteiger partial charge in [-0.15, -0.1) is 0 Å². The Morgan fingerprint density at radius 1 is 1.17 bits per heavy atom. The van der Waals surface area contributed by atoms with E-state index in [-0.39, 0.29) is 29.1 Å². The van der Waals surface area contributed by atoms with Crippen LogP contribution in [-0.4, -0.2) is 40.3 Å². The van der Waals surface area contributed by atoms with Gasteiger partial charge < -0.3 is 9.64 Å². The number of halogens is 3. The van der Waals surface area contributed by atoms with Crippen molar-refractivity contribution in [1.82, 2.24) is 14.7 Å². The van der Waals surface area contributed by atoms with E-state index in [4.69, 9.17) is 4.74 Å². The smallest absolute Gasteiger partial charge is 0.416 e. The lowest BCUT2D eigenvalue weighted by Gasteiger charge is -2.43. The van der Waals surface area contributed by atoms with Gasteiger partial charge in [0.1, 0.15) is 0 Å². The molecule has 4 rings (SSSR count). The minimum atomic E-state index is -4.45. The molecule has 2 aliphatic rings. The standard InChI is InChI=1S/C21H24F3N3O2/c1-29-18-13-27(16-9-4-8-15(12-16)21(22,23)24)25-19(18)20(28)26-11-5-7-14-6-2-3-10-17(14)26/h4,8-9,12-14,17H,2-3,5-7,10-11H2,1H3/t14-,17+/m0/s1. The highest BCUT2D eigenvalue weighted by molar-refractivity contribution is 5.95. The number of piperidine rings is 1. The van der Waals surface area contributed by atoms with Crippen LogP contribution in [0.2, 0.25) is 0 Å². The molecule has 8 heteroatoms. The first-order valence-corrected chi connectivity index (χ1v) is 10.0. The molecule has 2 aromatic rings. The highest BCUT2D eigenvalue weighted by Gasteiger charge is 2.38. The summed E-state index contributed by atoms with van der Waals surface area (Å²) in [5.41, 5.74) is -0.388. The van der Waals surface area contributed by atoms with Crippen molar-refractivity contribution in [3.05, 3.63) is 41.7 Å². The molecule has 1 aromatic heterocycles. The summed E-state index contributed by atoms with van der Waals surface area (Å²) in [6, 6.07) is 5.08. The zero-order chi connectivity index (χ0) is 20.6. The van der Waals surface area contributed by atoms with Gasteiger partial charge in [0.15, 0.2) is 11.4 Å². The molecule has 1 aromatic carbocycles. The van der Waals surface area contributed by atoms with Gasteiger partial charge in [0.05, 0.1) is 24.6 Å². The van der Waals surface area contributed by atoms with E-state index in [1.807, 2.05) is 4.90 Å². The SMILES string of the molecule is COc1cn(-c2cccc(C(F)(F)F)c2)nc1C(=O)N1CCC[C@@H]2CCCC[C@H]21. The average Bonchev–Trinajstić information content (AvgIpc) is 3.17. The number of ether oxygens (including phenoxy) is 1. The van der Waals surface area contributed by atoms with Crippen LogP contribution in [0.1, 0.15) is 54.6 Å². The van der Waals surface area contributed by atoms with Crippen molar-refractivity contribution in [3.8, 4) is 11.4 Å². The van der Waals surface area contributed by atoms with Gasteiger partial charge >= 0.3 is 6.18 Å². The Kier molecular flexibility index (Phi) is 5.27. The number of carbonyl (C=O) groups is 1. The first kappa shape index (κ1) is 19.8. The normalized spacial score (nSPS) is 22.3. The third-order valence-electron chi connectivity index (χ3n) is 6.05. The molecule has 2 heterocycles. The predicted molar refractivity (Wildman–Crippen MR) is 101 cm³/mol. The number of likely N-dealkylation sites (tertiary alicyclic amines) is 1. The fourth-order valence-corrected chi connectivity index (χ4v) is 4.63. The summed E-state index contributed by atoms with van der Waals surface area (Å²) in [4.78, 5) is 15.2. The molecule has 5 nitrogen and oxygen atoms in total. The molecule has 1 saturated heterocycles. The van der Waals surface area contributed by atoms with Crippen LogP contribution in [-0.2, 0) is 6.18 Å². The summed E-state index contributed by atoms with van der Waals surface area (Å²) in [5.74, 6) is 0.590. The summed E-state index contributed by atoms with van der Waals surface area (Å²) >= 11 is 0. The Balaban J connectivity index is 1.65. The van der Waals surface area contributed by atoms with E-state index < -0.39 is 11.7 Å². The van der Waals surface area contributed by atoms with Crippen LogP contribution in [0.15, 0.2) is 30.5 Å². The van der Waals surface area contributed by atoms with E-state index >= 15 is 0 Å². The van der Waals surface area contributed by atoms with Crippen LogP contribution in [0, 0.1) is 5.92 Å². The van der Waals surface area contributed by atoms with Gasteiger partial charge in [-0.1, -0.05) is 18.9 Å². The molecule has 156 valence electrons. The quantitative estimate of drug-likeness (QED) is 0.741. The number of benzene rings is 1. The largest absolute Gasteiger partial charge is 0.493 e. The van der Waals surface area contributed by atoms with E-state index in [1.54, 1.807) is 0 Å². The lowest BCUT2D eigenvalue weighted by atomic mass is 9.78. The number of hydrogen-bond donors (Lipinski definition) is 0. The Hall–Kier alpha value is -2.51. The maximum atomic E-state index is 13.3. The zero-order valence-electron chi connectivity index (χ0n) is 16.3. The number of aromatic nitrogens is 2. The van der Waals surface area contributed by atoms with E-state index in [0.29, 0.717) is 12.5 Å². The molecule has 2 fully saturated rings. The summed E-state index contributed by atoms with van der Waals surface area (Å²) in [7, 11) is 1.43.